The van der Waals surface area contributed by atoms with Crippen LogP contribution in [0.2, 0.25) is 0 Å². The number of rotatable bonds is 3. The Morgan fingerprint density at radius 1 is 1.33 bits per heavy atom. The minimum absolute atomic E-state index is 0.00397. The number of nitrogens with zero attached hydrogens (tertiary/aromatic N) is 2. The summed E-state index contributed by atoms with van der Waals surface area (Å²) in [5.74, 6) is -0.00397. The summed E-state index contributed by atoms with van der Waals surface area (Å²) in [6.07, 6.45) is 5.00. The van der Waals surface area contributed by atoms with Crippen LogP contribution in [0, 0.1) is 0 Å². The molecule has 0 spiro atoms. The maximum Gasteiger partial charge on any atom is 0.322 e. The van der Waals surface area contributed by atoms with E-state index in [1.807, 2.05) is 35.2 Å². The number of carbonyl (C=O) groups is 2. The Morgan fingerprint density at radius 3 is 2.83 bits per heavy atom. The lowest BCUT2D eigenvalue weighted by molar-refractivity contribution is 0.0832. The number of anilines is 1. The van der Waals surface area contributed by atoms with Crippen LogP contribution in [0.1, 0.15) is 23.0 Å². The number of fused-ring (bicyclic) bond motifs is 1. The first-order valence-corrected chi connectivity index (χ1v) is 8.80. The fourth-order valence-corrected chi connectivity index (χ4v) is 3.87. The van der Waals surface area contributed by atoms with Gasteiger partial charge in [-0.3, -0.25) is 4.79 Å². The molecule has 1 aromatic carbocycles. The molecule has 2 aromatic rings. The summed E-state index contributed by atoms with van der Waals surface area (Å²) in [6.45, 7) is 2.72. The largest absolute Gasteiger partial charge is 0.344 e. The average molecular weight is 343 g/mol. The molecular weight excluding hydrogens is 322 g/mol. The van der Waals surface area contributed by atoms with Gasteiger partial charge in [-0.2, -0.15) is 0 Å². The molecule has 5 nitrogen and oxygen atoms in total. The third-order valence-corrected chi connectivity index (χ3v) is 5.23. The Morgan fingerprint density at radius 2 is 2.12 bits per heavy atom. The second-order valence-electron chi connectivity index (χ2n) is 6.05. The molecule has 0 radical (unpaired) electrons. The van der Waals surface area contributed by atoms with Crippen molar-refractivity contribution in [3.05, 3.63) is 41.3 Å². The highest BCUT2D eigenvalue weighted by atomic mass is 32.1. The third kappa shape index (κ3) is 3.14. The topological polar surface area (TPSA) is 52.7 Å². The van der Waals surface area contributed by atoms with E-state index in [0.717, 1.165) is 22.2 Å². The molecule has 0 unspecified atom stereocenters. The number of hydrogen-bond acceptors (Lipinski definition) is 3. The van der Waals surface area contributed by atoms with E-state index in [2.05, 4.69) is 18.3 Å². The van der Waals surface area contributed by atoms with E-state index in [4.69, 9.17) is 0 Å². The van der Waals surface area contributed by atoms with Gasteiger partial charge < -0.3 is 15.1 Å². The van der Waals surface area contributed by atoms with Crippen molar-refractivity contribution >= 4 is 39.0 Å². The van der Waals surface area contributed by atoms with Crippen molar-refractivity contribution in [2.45, 2.75) is 19.4 Å². The summed E-state index contributed by atoms with van der Waals surface area (Å²) in [4.78, 5) is 28.6. The fourth-order valence-electron chi connectivity index (χ4n) is 2.80. The number of amides is 3. The molecule has 126 valence electrons. The molecule has 0 saturated carbocycles. The first-order valence-electron chi connectivity index (χ1n) is 7.99. The van der Waals surface area contributed by atoms with Gasteiger partial charge in [-0.05, 0) is 36.1 Å². The molecule has 2 heterocycles. The van der Waals surface area contributed by atoms with Crippen molar-refractivity contribution in [3.8, 4) is 0 Å². The van der Waals surface area contributed by atoms with Crippen molar-refractivity contribution in [1.82, 2.24) is 9.80 Å². The SMILES string of the molecule is CC[C@H]1C=CCN1C(=O)Nc1ccc2sc(C(=O)N(C)C)cc2c1. The van der Waals surface area contributed by atoms with Gasteiger partial charge in [-0.15, -0.1) is 11.3 Å². The van der Waals surface area contributed by atoms with Crippen LogP contribution < -0.4 is 5.32 Å². The van der Waals surface area contributed by atoms with Gasteiger partial charge in [-0.25, -0.2) is 4.79 Å². The predicted octanol–water partition coefficient (Wildman–Crippen LogP) is 3.79. The Balaban J connectivity index is 1.78. The number of carbonyl (C=O) groups excluding carboxylic acids is 2. The van der Waals surface area contributed by atoms with Gasteiger partial charge in [0.15, 0.2) is 0 Å². The third-order valence-electron chi connectivity index (χ3n) is 4.12. The van der Waals surface area contributed by atoms with E-state index in [1.54, 1.807) is 19.0 Å². The number of nitrogens with one attached hydrogen (secondary N) is 1. The van der Waals surface area contributed by atoms with Crippen LogP contribution in [0.15, 0.2) is 36.4 Å². The molecule has 1 N–H and O–H groups in total. The van der Waals surface area contributed by atoms with Gasteiger partial charge >= 0.3 is 6.03 Å². The van der Waals surface area contributed by atoms with Gasteiger partial charge in [0.2, 0.25) is 0 Å². The first-order chi connectivity index (χ1) is 11.5. The van der Waals surface area contributed by atoms with E-state index in [1.165, 1.54) is 11.3 Å². The smallest absolute Gasteiger partial charge is 0.322 e. The van der Waals surface area contributed by atoms with Crippen LogP contribution in [-0.2, 0) is 0 Å². The van der Waals surface area contributed by atoms with Crippen molar-refractivity contribution in [2.75, 3.05) is 26.0 Å². The molecule has 0 fully saturated rings. The molecule has 0 bridgehead atoms. The predicted molar refractivity (Wildman–Crippen MR) is 98.8 cm³/mol. The molecule has 1 atom stereocenters. The van der Waals surface area contributed by atoms with Crippen LogP contribution in [0.4, 0.5) is 10.5 Å². The van der Waals surface area contributed by atoms with E-state index >= 15 is 0 Å². The average Bonchev–Trinajstić information content (AvgIpc) is 3.19. The number of thiophene rings is 1. The van der Waals surface area contributed by atoms with Crippen LogP contribution in [-0.4, -0.2) is 48.4 Å². The van der Waals surface area contributed by atoms with Crippen LogP contribution in [0.25, 0.3) is 10.1 Å². The molecule has 3 amide bonds. The molecule has 1 aromatic heterocycles. The quantitative estimate of drug-likeness (QED) is 0.862. The molecule has 3 rings (SSSR count). The maximum atomic E-state index is 12.4. The van der Waals surface area contributed by atoms with Gasteiger partial charge in [0.25, 0.3) is 5.91 Å². The monoisotopic (exact) mass is 343 g/mol. The zero-order valence-corrected chi connectivity index (χ0v) is 14.9. The lowest BCUT2D eigenvalue weighted by Crippen LogP contribution is -2.38. The minimum atomic E-state index is -0.0916. The van der Waals surface area contributed by atoms with E-state index in [-0.39, 0.29) is 18.0 Å². The molecule has 24 heavy (non-hydrogen) atoms. The van der Waals surface area contributed by atoms with Gasteiger partial charge in [-0.1, -0.05) is 19.1 Å². The molecular formula is C18H21N3O2S. The Bertz CT molecular complexity index is 810. The normalized spacial score (nSPS) is 16.6. The van der Waals surface area contributed by atoms with Crippen molar-refractivity contribution in [3.63, 3.8) is 0 Å². The minimum Gasteiger partial charge on any atom is -0.344 e. The van der Waals surface area contributed by atoms with Gasteiger partial charge in [0.05, 0.1) is 10.9 Å². The van der Waals surface area contributed by atoms with Crippen LogP contribution in [0.5, 0.6) is 0 Å². The van der Waals surface area contributed by atoms with Crippen LogP contribution >= 0.6 is 11.3 Å². The highest BCUT2D eigenvalue weighted by Gasteiger charge is 2.23. The van der Waals surface area contributed by atoms with E-state index in [0.29, 0.717) is 11.4 Å². The van der Waals surface area contributed by atoms with Crippen molar-refractivity contribution in [1.29, 1.82) is 0 Å². The maximum absolute atomic E-state index is 12.4. The van der Waals surface area contributed by atoms with Gasteiger partial charge in [0, 0.05) is 31.0 Å². The van der Waals surface area contributed by atoms with Gasteiger partial charge in [0.1, 0.15) is 0 Å². The summed E-state index contributed by atoms with van der Waals surface area (Å²) < 4.78 is 1.03. The molecule has 1 aliphatic rings. The zero-order valence-electron chi connectivity index (χ0n) is 14.1. The van der Waals surface area contributed by atoms with E-state index in [9.17, 15) is 9.59 Å². The summed E-state index contributed by atoms with van der Waals surface area (Å²) in [5.41, 5.74) is 0.746. The standard InChI is InChI=1S/C18H21N3O2S/c1-4-14-6-5-9-21(14)18(23)19-13-7-8-15-12(10-13)11-16(24-15)17(22)20(2)3/h5-8,10-11,14H,4,9H2,1-3H3,(H,19,23)/t14-/m0/s1. The molecule has 6 heteroatoms. The van der Waals surface area contributed by atoms with E-state index < -0.39 is 0 Å². The lowest BCUT2D eigenvalue weighted by Gasteiger charge is -2.23. The second kappa shape index (κ2) is 6.65. The second-order valence-corrected chi connectivity index (χ2v) is 7.13. The summed E-state index contributed by atoms with van der Waals surface area (Å²) in [5, 5.41) is 3.93. The molecule has 0 saturated heterocycles. The Labute approximate surface area is 145 Å². The number of urea groups is 1. The first kappa shape index (κ1) is 16.5. The number of benzene rings is 1. The summed E-state index contributed by atoms with van der Waals surface area (Å²) in [6, 6.07) is 7.70. The number of hydrogen-bond donors (Lipinski definition) is 1. The van der Waals surface area contributed by atoms with Crippen LogP contribution in [0.3, 0.4) is 0 Å². The highest BCUT2D eigenvalue weighted by Crippen LogP contribution is 2.29. The lowest BCUT2D eigenvalue weighted by atomic mass is 10.2. The molecule has 1 aliphatic heterocycles. The Kier molecular flexibility index (Phi) is 4.57. The summed E-state index contributed by atoms with van der Waals surface area (Å²) in [7, 11) is 3.49. The Hall–Kier alpha value is -2.34. The zero-order chi connectivity index (χ0) is 17.3. The van der Waals surface area contributed by atoms with Crippen molar-refractivity contribution in [2.24, 2.45) is 0 Å². The van der Waals surface area contributed by atoms with Crippen molar-refractivity contribution < 1.29 is 9.59 Å². The summed E-state index contributed by atoms with van der Waals surface area (Å²) >= 11 is 1.47. The highest BCUT2D eigenvalue weighted by molar-refractivity contribution is 7.20. The fraction of sp³-hybridized carbons (Fsp3) is 0.333. The molecule has 0 aliphatic carbocycles.